The van der Waals surface area contributed by atoms with Gasteiger partial charge < -0.3 is 10.6 Å². The summed E-state index contributed by atoms with van der Waals surface area (Å²) in [6.07, 6.45) is 1.93. The van der Waals surface area contributed by atoms with E-state index >= 15 is 0 Å². The number of nitrogens with zero attached hydrogens (tertiary/aromatic N) is 2. The van der Waals surface area contributed by atoms with Gasteiger partial charge in [0.25, 0.3) is 5.91 Å². The Labute approximate surface area is 134 Å². The molecular formula is C17H20N4O2. The molecule has 1 atom stereocenters. The highest BCUT2D eigenvalue weighted by Crippen LogP contribution is 2.08. The van der Waals surface area contributed by atoms with Gasteiger partial charge in [0.2, 0.25) is 5.43 Å². The number of nitrogens with one attached hydrogen (secondary N) is 2. The lowest BCUT2D eigenvalue weighted by Gasteiger charge is -2.23. The van der Waals surface area contributed by atoms with Gasteiger partial charge in [-0.1, -0.05) is 18.2 Å². The molecule has 23 heavy (non-hydrogen) atoms. The summed E-state index contributed by atoms with van der Waals surface area (Å²) in [5.74, 6) is -0.409. The minimum Gasteiger partial charge on any atom is -0.347 e. The van der Waals surface area contributed by atoms with E-state index in [1.807, 2.05) is 30.3 Å². The molecule has 1 saturated heterocycles. The number of carbonyl (C=O) groups is 1. The maximum atomic E-state index is 12.4. The van der Waals surface area contributed by atoms with Crippen LogP contribution in [0.25, 0.3) is 5.69 Å². The maximum absolute atomic E-state index is 12.4. The van der Waals surface area contributed by atoms with Gasteiger partial charge in [-0.15, -0.1) is 0 Å². The van der Waals surface area contributed by atoms with Crippen LogP contribution in [-0.4, -0.2) is 34.8 Å². The molecule has 2 aromatic rings. The van der Waals surface area contributed by atoms with E-state index in [1.54, 1.807) is 11.6 Å². The molecule has 1 aromatic heterocycles. The Balaban J connectivity index is 1.89. The van der Waals surface area contributed by atoms with Crippen molar-refractivity contribution in [1.82, 2.24) is 20.4 Å². The Hall–Kier alpha value is -2.47. The SMILES string of the molecule is Cc1cc(=O)c(C(=O)N[C@H]2CCCNC2)nn1-c1ccccc1. The van der Waals surface area contributed by atoms with E-state index < -0.39 is 5.91 Å². The Morgan fingerprint density at radius 3 is 2.83 bits per heavy atom. The minimum absolute atomic E-state index is 0.0453. The second-order valence-corrected chi connectivity index (χ2v) is 5.76. The lowest BCUT2D eigenvalue weighted by atomic mass is 10.1. The van der Waals surface area contributed by atoms with Gasteiger partial charge >= 0.3 is 0 Å². The number of hydrogen-bond donors (Lipinski definition) is 2. The first-order chi connectivity index (χ1) is 11.1. The lowest BCUT2D eigenvalue weighted by molar-refractivity contribution is 0.0922. The first kappa shape index (κ1) is 15.4. The normalized spacial score (nSPS) is 17.7. The molecule has 6 nitrogen and oxygen atoms in total. The molecule has 1 aliphatic rings. The molecule has 1 amide bonds. The van der Waals surface area contributed by atoms with Crippen molar-refractivity contribution in [3.63, 3.8) is 0 Å². The van der Waals surface area contributed by atoms with Crippen LogP contribution in [-0.2, 0) is 0 Å². The van der Waals surface area contributed by atoms with Crippen molar-refractivity contribution >= 4 is 5.91 Å². The Morgan fingerprint density at radius 2 is 2.13 bits per heavy atom. The summed E-state index contributed by atoms with van der Waals surface area (Å²) >= 11 is 0. The predicted molar refractivity (Wildman–Crippen MR) is 87.9 cm³/mol. The first-order valence-corrected chi connectivity index (χ1v) is 7.83. The largest absolute Gasteiger partial charge is 0.347 e. The maximum Gasteiger partial charge on any atom is 0.276 e. The van der Waals surface area contributed by atoms with Gasteiger partial charge in [-0.05, 0) is 38.4 Å². The van der Waals surface area contributed by atoms with Crippen LogP contribution in [0, 0.1) is 6.92 Å². The van der Waals surface area contributed by atoms with Gasteiger partial charge in [0.1, 0.15) is 0 Å². The second-order valence-electron chi connectivity index (χ2n) is 5.76. The minimum atomic E-state index is -0.409. The summed E-state index contributed by atoms with van der Waals surface area (Å²) in [4.78, 5) is 24.6. The third kappa shape index (κ3) is 3.48. The van der Waals surface area contributed by atoms with Crippen molar-refractivity contribution in [2.45, 2.75) is 25.8 Å². The number of amides is 1. The summed E-state index contributed by atoms with van der Waals surface area (Å²) in [5.41, 5.74) is 1.09. The summed E-state index contributed by atoms with van der Waals surface area (Å²) in [6, 6.07) is 11.0. The molecule has 0 aliphatic carbocycles. The van der Waals surface area contributed by atoms with Gasteiger partial charge in [0.05, 0.1) is 5.69 Å². The van der Waals surface area contributed by atoms with E-state index in [0.29, 0.717) is 5.69 Å². The summed E-state index contributed by atoms with van der Waals surface area (Å²) in [6.45, 7) is 3.49. The quantitative estimate of drug-likeness (QED) is 0.887. The Bertz CT molecular complexity index is 749. The molecule has 1 aliphatic heterocycles. The molecule has 2 N–H and O–H groups in total. The number of benzene rings is 1. The topological polar surface area (TPSA) is 76.0 Å². The summed E-state index contributed by atoms with van der Waals surface area (Å²) in [7, 11) is 0. The monoisotopic (exact) mass is 312 g/mol. The summed E-state index contributed by atoms with van der Waals surface area (Å²) < 4.78 is 1.62. The molecule has 0 bridgehead atoms. The fourth-order valence-electron chi connectivity index (χ4n) is 2.76. The smallest absolute Gasteiger partial charge is 0.276 e. The fraction of sp³-hybridized carbons (Fsp3) is 0.353. The molecule has 0 radical (unpaired) electrons. The first-order valence-electron chi connectivity index (χ1n) is 7.83. The van der Waals surface area contributed by atoms with Gasteiger partial charge in [-0.3, -0.25) is 9.59 Å². The zero-order valence-electron chi connectivity index (χ0n) is 13.1. The highest BCUT2D eigenvalue weighted by molar-refractivity contribution is 5.92. The molecule has 120 valence electrons. The average Bonchev–Trinajstić information content (AvgIpc) is 2.56. The zero-order valence-corrected chi connectivity index (χ0v) is 13.1. The van der Waals surface area contributed by atoms with Gasteiger partial charge in [-0.2, -0.15) is 5.10 Å². The molecule has 0 spiro atoms. The van der Waals surface area contributed by atoms with E-state index in [4.69, 9.17) is 0 Å². The molecule has 6 heteroatoms. The molecule has 0 unspecified atom stereocenters. The highest BCUT2D eigenvalue weighted by atomic mass is 16.2. The Kier molecular flexibility index (Phi) is 4.52. The van der Waals surface area contributed by atoms with Gasteiger partial charge in [0, 0.05) is 24.3 Å². The Morgan fingerprint density at radius 1 is 1.35 bits per heavy atom. The molecule has 2 heterocycles. The van der Waals surface area contributed by atoms with Crippen LogP contribution in [0.15, 0.2) is 41.2 Å². The number of aromatic nitrogens is 2. The van der Waals surface area contributed by atoms with Crippen molar-refractivity contribution in [3.8, 4) is 5.69 Å². The molecule has 1 fully saturated rings. The van der Waals surface area contributed by atoms with Crippen molar-refractivity contribution in [1.29, 1.82) is 0 Å². The number of piperidine rings is 1. The number of hydrogen-bond acceptors (Lipinski definition) is 4. The van der Waals surface area contributed by atoms with Crippen LogP contribution < -0.4 is 16.1 Å². The average molecular weight is 312 g/mol. The number of aryl methyl sites for hydroxylation is 1. The fourth-order valence-corrected chi connectivity index (χ4v) is 2.76. The van der Waals surface area contributed by atoms with Crippen molar-refractivity contribution < 1.29 is 4.79 Å². The number of para-hydroxylation sites is 1. The van der Waals surface area contributed by atoms with Gasteiger partial charge in [0.15, 0.2) is 5.69 Å². The third-order valence-corrected chi connectivity index (χ3v) is 3.96. The lowest BCUT2D eigenvalue weighted by Crippen LogP contribution is -2.47. The zero-order chi connectivity index (χ0) is 16.2. The van der Waals surface area contributed by atoms with Crippen LogP contribution in [0.3, 0.4) is 0 Å². The van der Waals surface area contributed by atoms with Crippen LogP contribution in [0.1, 0.15) is 29.0 Å². The van der Waals surface area contributed by atoms with Crippen LogP contribution >= 0.6 is 0 Å². The molecule has 1 aromatic carbocycles. The third-order valence-electron chi connectivity index (χ3n) is 3.96. The van der Waals surface area contributed by atoms with E-state index in [0.717, 1.165) is 31.6 Å². The van der Waals surface area contributed by atoms with E-state index in [2.05, 4.69) is 15.7 Å². The van der Waals surface area contributed by atoms with Crippen LogP contribution in [0.2, 0.25) is 0 Å². The summed E-state index contributed by atoms with van der Waals surface area (Å²) in [5, 5.41) is 10.4. The van der Waals surface area contributed by atoms with E-state index in [1.165, 1.54) is 6.07 Å². The van der Waals surface area contributed by atoms with Crippen molar-refractivity contribution in [2.24, 2.45) is 0 Å². The highest BCUT2D eigenvalue weighted by Gasteiger charge is 2.20. The van der Waals surface area contributed by atoms with Crippen molar-refractivity contribution in [3.05, 3.63) is 58.0 Å². The van der Waals surface area contributed by atoms with E-state index in [-0.39, 0.29) is 17.2 Å². The van der Waals surface area contributed by atoms with Crippen LogP contribution in [0.4, 0.5) is 0 Å². The van der Waals surface area contributed by atoms with Crippen molar-refractivity contribution in [2.75, 3.05) is 13.1 Å². The number of rotatable bonds is 3. The predicted octanol–water partition coefficient (Wildman–Crippen LogP) is 1.02. The number of carbonyl (C=O) groups excluding carboxylic acids is 1. The molecule has 3 rings (SSSR count). The van der Waals surface area contributed by atoms with Crippen LogP contribution in [0.5, 0.6) is 0 Å². The standard InChI is InChI=1S/C17H20N4O2/c1-12-10-15(22)16(17(23)19-13-6-5-9-18-11-13)20-21(12)14-7-3-2-4-8-14/h2-4,7-8,10,13,18H,5-6,9,11H2,1H3,(H,19,23)/t13-/m0/s1. The second kappa shape index (κ2) is 6.75. The molecular weight excluding hydrogens is 292 g/mol. The van der Waals surface area contributed by atoms with Gasteiger partial charge in [-0.25, -0.2) is 4.68 Å². The molecule has 0 saturated carbocycles. The van der Waals surface area contributed by atoms with E-state index in [9.17, 15) is 9.59 Å².